The first-order chi connectivity index (χ1) is 11.0. The minimum absolute atomic E-state index is 0.216. The van der Waals surface area contributed by atoms with Gasteiger partial charge in [-0.1, -0.05) is 23.2 Å². The monoisotopic (exact) mass is 360 g/mol. The van der Waals surface area contributed by atoms with Crippen LogP contribution < -0.4 is 4.74 Å². The number of rotatable bonds is 2. The fourth-order valence-electron chi connectivity index (χ4n) is 2.45. The maximum Gasteiger partial charge on any atom is 0.409 e. The van der Waals surface area contributed by atoms with Crippen molar-refractivity contribution in [3.63, 3.8) is 0 Å². The largest absolute Gasteiger partial charge is 0.495 e. The first kappa shape index (κ1) is 17.7. The molecule has 1 aliphatic heterocycles. The molecule has 0 spiro atoms. The molecular formula is C15H18Cl2N2O4. The zero-order valence-electron chi connectivity index (χ0n) is 13.0. The summed E-state index contributed by atoms with van der Waals surface area (Å²) in [6, 6.07) is 3.03. The summed E-state index contributed by atoms with van der Waals surface area (Å²) in [5, 5.41) is 0.608. The predicted molar refractivity (Wildman–Crippen MR) is 87.5 cm³/mol. The summed E-state index contributed by atoms with van der Waals surface area (Å²) in [5.74, 6) is 0.201. The molecule has 1 fully saturated rings. The molecule has 0 saturated carbocycles. The number of hydrogen-bond acceptors (Lipinski definition) is 4. The second kappa shape index (κ2) is 7.75. The molecule has 0 atom stereocenters. The molecule has 23 heavy (non-hydrogen) atoms. The van der Waals surface area contributed by atoms with Crippen LogP contribution in [-0.2, 0) is 4.74 Å². The fraction of sp³-hybridized carbons (Fsp3) is 0.467. The number of amides is 2. The maximum absolute atomic E-state index is 12.7. The molecule has 8 heteroatoms. The number of hydrogen-bond donors (Lipinski definition) is 0. The van der Waals surface area contributed by atoms with Gasteiger partial charge in [-0.15, -0.1) is 0 Å². The van der Waals surface area contributed by atoms with Crippen LogP contribution in [0, 0.1) is 0 Å². The van der Waals surface area contributed by atoms with E-state index in [1.807, 2.05) is 0 Å². The van der Waals surface area contributed by atoms with Crippen molar-refractivity contribution in [2.45, 2.75) is 6.42 Å². The first-order valence-electron chi connectivity index (χ1n) is 7.13. The number of methoxy groups -OCH3 is 2. The smallest absolute Gasteiger partial charge is 0.409 e. The summed E-state index contributed by atoms with van der Waals surface area (Å²) in [6.07, 6.45) is 0.285. The van der Waals surface area contributed by atoms with E-state index >= 15 is 0 Å². The molecule has 1 aromatic carbocycles. The molecule has 0 N–H and O–H groups in total. The van der Waals surface area contributed by atoms with Crippen molar-refractivity contribution in [1.29, 1.82) is 0 Å². The molecule has 1 aliphatic rings. The lowest BCUT2D eigenvalue weighted by atomic mass is 10.1. The van der Waals surface area contributed by atoms with Crippen molar-refractivity contribution in [1.82, 2.24) is 9.80 Å². The third-order valence-corrected chi connectivity index (χ3v) is 4.30. The van der Waals surface area contributed by atoms with Crippen LogP contribution in [0.5, 0.6) is 5.75 Å². The Morgan fingerprint density at radius 1 is 1.00 bits per heavy atom. The Balaban J connectivity index is 2.15. The second-order valence-electron chi connectivity index (χ2n) is 5.07. The lowest BCUT2D eigenvalue weighted by Crippen LogP contribution is -2.37. The number of halogens is 2. The highest BCUT2D eigenvalue weighted by atomic mass is 35.5. The highest BCUT2D eigenvalue weighted by Gasteiger charge is 2.25. The number of benzene rings is 1. The molecule has 1 aromatic rings. The van der Waals surface area contributed by atoms with E-state index in [4.69, 9.17) is 32.7 Å². The van der Waals surface area contributed by atoms with Crippen molar-refractivity contribution in [3.8, 4) is 5.75 Å². The Bertz CT molecular complexity index is 609. The lowest BCUT2D eigenvalue weighted by Gasteiger charge is -2.22. The van der Waals surface area contributed by atoms with Gasteiger partial charge in [-0.25, -0.2) is 4.79 Å². The van der Waals surface area contributed by atoms with E-state index in [1.165, 1.54) is 26.4 Å². The molecule has 6 nitrogen and oxygen atoms in total. The van der Waals surface area contributed by atoms with E-state index in [0.717, 1.165) is 0 Å². The molecule has 2 rings (SSSR count). The van der Waals surface area contributed by atoms with Gasteiger partial charge in [-0.2, -0.15) is 0 Å². The molecule has 126 valence electrons. The van der Waals surface area contributed by atoms with Crippen LogP contribution in [0.3, 0.4) is 0 Å². The SMILES string of the molecule is COC(=O)N1CCCN(C(=O)c2cc(Cl)c(OC)cc2Cl)CC1. The van der Waals surface area contributed by atoms with Crippen LogP contribution in [0.15, 0.2) is 12.1 Å². The highest BCUT2D eigenvalue weighted by Crippen LogP contribution is 2.31. The Morgan fingerprint density at radius 2 is 1.65 bits per heavy atom. The number of ether oxygens (including phenoxy) is 2. The van der Waals surface area contributed by atoms with Gasteiger partial charge in [0.15, 0.2) is 0 Å². The summed E-state index contributed by atoms with van der Waals surface area (Å²) < 4.78 is 9.80. The molecular weight excluding hydrogens is 343 g/mol. The average Bonchev–Trinajstić information content (AvgIpc) is 2.81. The Morgan fingerprint density at radius 3 is 2.30 bits per heavy atom. The van der Waals surface area contributed by atoms with Gasteiger partial charge in [-0.3, -0.25) is 4.79 Å². The molecule has 0 aliphatic carbocycles. The average molecular weight is 361 g/mol. The first-order valence-corrected chi connectivity index (χ1v) is 7.88. The quantitative estimate of drug-likeness (QED) is 0.813. The maximum atomic E-state index is 12.7. The van der Waals surface area contributed by atoms with Crippen molar-refractivity contribution >= 4 is 35.2 Å². The van der Waals surface area contributed by atoms with Gasteiger partial charge in [0.25, 0.3) is 5.91 Å². The Hall–Kier alpha value is -1.66. The van der Waals surface area contributed by atoms with Crippen LogP contribution in [-0.4, -0.2) is 62.2 Å². The van der Waals surface area contributed by atoms with E-state index in [2.05, 4.69) is 0 Å². The molecule has 1 heterocycles. The van der Waals surface area contributed by atoms with Gasteiger partial charge in [0.2, 0.25) is 0 Å². The number of nitrogens with zero attached hydrogens (tertiary/aromatic N) is 2. The Labute approximate surface area is 144 Å². The summed E-state index contributed by atoms with van der Waals surface area (Å²) in [7, 11) is 2.82. The normalized spacial score (nSPS) is 15.1. The topological polar surface area (TPSA) is 59.1 Å². The lowest BCUT2D eigenvalue weighted by molar-refractivity contribution is 0.0757. The van der Waals surface area contributed by atoms with E-state index in [9.17, 15) is 9.59 Å². The van der Waals surface area contributed by atoms with Gasteiger partial charge >= 0.3 is 6.09 Å². The summed E-state index contributed by atoms with van der Waals surface area (Å²) in [5.41, 5.74) is 0.323. The summed E-state index contributed by atoms with van der Waals surface area (Å²) >= 11 is 12.2. The summed E-state index contributed by atoms with van der Waals surface area (Å²) in [4.78, 5) is 27.5. The highest BCUT2D eigenvalue weighted by molar-refractivity contribution is 6.36. The van der Waals surface area contributed by atoms with Crippen LogP contribution in [0.2, 0.25) is 10.0 Å². The van der Waals surface area contributed by atoms with Crippen LogP contribution in [0.4, 0.5) is 4.79 Å². The van der Waals surface area contributed by atoms with Gasteiger partial charge in [0.05, 0.1) is 29.8 Å². The second-order valence-corrected chi connectivity index (χ2v) is 5.88. The van der Waals surface area contributed by atoms with Crippen molar-refractivity contribution in [2.24, 2.45) is 0 Å². The molecule has 0 unspecified atom stereocenters. The van der Waals surface area contributed by atoms with Crippen LogP contribution in [0.25, 0.3) is 0 Å². The Kier molecular flexibility index (Phi) is 5.96. The van der Waals surface area contributed by atoms with E-state index in [0.29, 0.717) is 48.9 Å². The zero-order valence-corrected chi connectivity index (χ0v) is 14.5. The van der Waals surface area contributed by atoms with Crippen molar-refractivity contribution < 1.29 is 19.1 Å². The van der Waals surface area contributed by atoms with E-state index < -0.39 is 0 Å². The minimum Gasteiger partial charge on any atom is -0.495 e. The zero-order chi connectivity index (χ0) is 17.0. The minimum atomic E-state index is -0.384. The van der Waals surface area contributed by atoms with Crippen molar-refractivity contribution in [2.75, 3.05) is 40.4 Å². The van der Waals surface area contributed by atoms with Gasteiger partial charge in [0, 0.05) is 32.2 Å². The van der Waals surface area contributed by atoms with E-state index in [1.54, 1.807) is 9.80 Å². The van der Waals surface area contributed by atoms with Gasteiger partial charge in [-0.05, 0) is 12.5 Å². The molecule has 1 saturated heterocycles. The predicted octanol–water partition coefficient (Wildman–Crippen LogP) is 2.92. The molecule has 0 bridgehead atoms. The summed E-state index contributed by atoms with van der Waals surface area (Å²) in [6.45, 7) is 1.91. The fourth-order valence-corrected chi connectivity index (χ4v) is 2.93. The van der Waals surface area contributed by atoms with Crippen molar-refractivity contribution in [3.05, 3.63) is 27.7 Å². The third-order valence-electron chi connectivity index (χ3n) is 3.69. The van der Waals surface area contributed by atoms with Crippen LogP contribution >= 0.6 is 23.2 Å². The number of carbonyl (C=O) groups excluding carboxylic acids is 2. The number of carbonyl (C=O) groups is 2. The van der Waals surface area contributed by atoms with Crippen LogP contribution in [0.1, 0.15) is 16.8 Å². The third kappa shape index (κ3) is 4.00. The molecule has 0 aromatic heterocycles. The van der Waals surface area contributed by atoms with E-state index in [-0.39, 0.29) is 17.0 Å². The standard InChI is InChI=1S/C15H18Cl2N2O4/c1-22-13-9-11(16)10(8-12(13)17)14(20)18-4-3-5-19(7-6-18)15(21)23-2/h8-9H,3-7H2,1-2H3. The van der Waals surface area contributed by atoms with Gasteiger partial charge < -0.3 is 19.3 Å². The molecule has 2 amide bonds. The molecule has 0 radical (unpaired) electrons. The van der Waals surface area contributed by atoms with Gasteiger partial charge in [0.1, 0.15) is 5.75 Å².